The van der Waals surface area contributed by atoms with Crippen LogP contribution in [0.4, 0.5) is 0 Å². The van der Waals surface area contributed by atoms with E-state index in [4.69, 9.17) is 10.7 Å². The summed E-state index contributed by atoms with van der Waals surface area (Å²) in [5.41, 5.74) is 0. The van der Waals surface area contributed by atoms with Gasteiger partial charge in [-0.25, -0.2) is 8.42 Å². The van der Waals surface area contributed by atoms with Gasteiger partial charge in [-0.3, -0.25) is 0 Å². The van der Waals surface area contributed by atoms with E-state index in [9.17, 15) is 8.42 Å². The molecule has 0 bridgehead atoms. The van der Waals surface area contributed by atoms with E-state index in [-0.39, 0.29) is 0 Å². The van der Waals surface area contributed by atoms with Gasteiger partial charge in [0.25, 0.3) is 0 Å². The van der Waals surface area contributed by atoms with Crippen LogP contribution in [0.1, 0.15) is 26.7 Å². The molecule has 56 valence electrons. The second kappa shape index (κ2) is 3.42. The number of rotatable bonds is 3. The molecule has 0 aliphatic carbocycles. The first-order chi connectivity index (χ1) is 3.98. The van der Waals surface area contributed by atoms with Crippen LogP contribution in [0.5, 0.6) is 0 Å². The van der Waals surface area contributed by atoms with Gasteiger partial charge in [0, 0.05) is 10.7 Å². The molecule has 0 saturated carbocycles. The summed E-state index contributed by atoms with van der Waals surface area (Å²) >= 11 is 0. The van der Waals surface area contributed by atoms with Crippen molar-refractivity contribution in [3.05, 3.63) is 0 Å². The van der Waals surface area contributed by atoms with Crippen molar-refractivity contribution in [1.29, 1.82) is 0 Å². The molecule has 0 radical (unpaired) electrons. The minimum Gasteiger partial charge on any atom is -0.212 e. The van der Waals surface area contributed by atoms with Crippen LogP contribution < -0.4 is 0 Å². The molecule has 0 aliphatic heterocycles. The zero-order chi connectivity index (χ0) is 7.49. The molecule has 0 aromatic rings. The summed E-state index contributed by atoms with van der Waals surface area (Å²) in [7, 11) is 1.74. The lowest BCUT2D eigenvalue weighted by Gasteiger charge is -2.02. The van der Waals surface area contributed by atoms with Crippen LogP contribution >= 0.6 is 10.7 Å². The molecule has 0 heterocycles. The number of halogens is 1. The van der Waals surface area contributed by atoms with Crippen molar-refractivity contribution < 1.29 is 8.42 Å². The van der Waals surface area contributed by atoms with Crippen LogP contribution in [-0.2, 0) is 9.05 Å². The van der Waals surface area contributed by atoms with E-state index in [0.717, 1.165) is 6.42 Å². The molecule has 1 atom stereocenters. The second-order valence-electron chi connectivity index (χ2n) is 2.07. The Morgan fingerprint density at radius 2 is 2.00 bits per heavy atom. The maximum atomic E-state index is 10.5. The highest BCUT2D eigenvalue weighted by Crippen LogP contribution is 2.11. The Hall–Kier alpha value is 0.240. The smallest absolute Gasteiger partial charge is 0.212 e. The fourth-order valence-corrected chi connectivity index (χ4v) is 1.33. The maximum absolute atomic E-state index is 10.5. The predicted molar refractivity (Wildman–Crippen MR) is 39.1 cm³/mol. The van der Waals surface area contributed by atoms with E-state index in [2.05, 4.69) is 0 Å². The summed E-state index contributed by atoms with van der Waals surface area (Å²) < 4.78 is 21.0. The van der Waals surface area contributed by atoms with Gasteiger partial charge in [-0.1, -0.05) is 13.3 Å². The molecule has 0 fully saturated rings. The zero-order valence-electron chi connectivity index (χ0n) is 5.59. The largest absolute Gasteiger partial charge is 0.235 e. The Labute approximate surface area is 60.6 Å². The third-order valence-corrected chi connectivity index (χ3v) is 3.29. The van der Waals surface area contributed by atoms with Gasteiger partial charge in [-0.05, 0) is 13.3 Å². The Morgan fingerprint density at radius 1 is 1.56 bits per heavy atom. The quantitative estimate of drug-likeness (QED) is 0.605. The van der Waals surface area contributed by atoms with Crippen molar-refractivity contribution in [2.45, 2.75) is 31.9 Å². The number of hydrogen-bond acceptors (Lipinski definition) is 2. The Balaban J connectivity index is 3.90. The van der Waals surface area contributed by atoms with Crippen molar-refractivity contribution in [2.75, 3.05) is 0 Å². The van der Waals surface area contributed by atoms with Crippen LogP contribution in [0, 0.1) is 0 Å². The zero-order valence-corrected chi connectivity index (χ0v) is 7.17. The first kappa shape index (κ1) is 9.24. The van der Waals surface area contributed by atoms with Gasteiger partial charge < -0.3 is 0 Å². The summed E-state index contributed by atoms with van der Waals surface area (Å²) in [6.07, 6.45) is 1.50. The van der Waals surface area contributed by atoms with Crippen molar-refractivity contribution in [3.63, 3.8) is 0 Å². The molecule has 0 spiro atoms. The second-order valence-corrected chi connectivity index (χ2v) is 5.12. The van der Waals surface area contributed by atoms with E-state index >= 15 is 0 Å². The average Bonchev–Trinajstić information content (AvgIpc) is 1.64. The first-order valence-electron chi connectivity index (χ1n) is 2.92. The summed E-state index contributed by atoms with van der Waals surface area (Å²) in [5, 5.41) is -0.399. The van der Waals surface area contributed by atoms with Gasteiger partial charge >= 0.3 is 0 Å². The van der Waals surface area contributed by atoms with Crippen LogP contribution in [0.15, 0.2) is 0 Å². The molecular weight excluding hydrogens is 160 g/mol. The normalized spacial score (nSPS) is 15.4. The van der Waals surface area contributed by atoms with Crippen LogP contribution in [-0.4, -0.2) is 13.7 Å². The highest BCUT2D eigenvalue weighted by molar-refractivity contribution is 8.14. The van der Waals surface area contributed by atoms with Gasteiger partial charge in [0.1, 0.15) is 0 Å². The van der Waals surface area contributed by atoms with Gasteiger partial charge in [-0.2, -0.15) is 0 Å². The number of hydrogen-bond donors (Lipinski definition) is 0. The lowest BCUT2D eigenvalue weighted by atomic mass is 10.3. The molecule has 0 aliphatic rings. The summed E-state index contributed by atoms with van der Waals surface area (Å²) in [6, 6.07) is 0. The molecule has 2 nitrogen and oxygen atoms in total. The van der Waals surface area contributed by atoms with Crippen molar-refractivity contribution in [2.24, 2.45) is 0 Å². The lowest BCUT2D eigenvalue weighted by molar-refractivity contribution is 0.590. The fraction of sp³-hybridized carbons (Fsp3) is 1.00. The fourth-order valence-electron chi connectivity index (χ4n) is 0.547. The van der Waals surface area contributed by atoms with Crippen LogP contribution in [0.25, 0.3) is 0 Å². The molecule has 0 unspecified atom stereocenters. The average molecular weight is 171 g/mol. The van der Waals surface area contributed by atoms with E-state index in [1.165, 1.54) is 0 Å². The Morgan fingerprint density at radius 3 is 2.11 bits per heavy atom. The highest BCUT2D eigenvalue weighted by atomic mass is 35.7. The summed E-state index contributed by atoms with van der Waals surface area (Å²) in [5.74, 6) is 0. The Kier molecular flexibility index (Phi) is 3.51. The summed E-state index contributed by atoms with van der Waals surface area (Å²) in [6.45, 7) is 3.55. The van der Waals surface area contributed by atoms with E-state index in [1.54, 1.807) is 6.92 Å². The predicted octanol–water partition coefficient (Wildman–Crippen LogP) is 1.74. The first-order valence-corrected chi connectivity index (χ1v) is 5.29. The van der Waals surface area contributed by atoms with Crippen LogP contribution in [0.2, 0.25) is 0 Å². The van der Waals surface area contributed by atoms with Gasteiger partial charge in [0.05, 0.1) is 5.25 Å². The lowest BCUT2D eigenvalue weighted by Crippen LogP contribution is -2.10. The van der Waals surface area contributed by atoms with E-state index in [1.807, 2.05) is 6.92 Å². The Bertz CT molecular complexity index is 162. The van der Waals surface area contributed by atoms with Gasteiger partial charge in [0.15, 0.2) is 0 Å². The topological polar surface area (TPSA) is 34.1 Å². The van der Waals surface area contributed by atoms with Gasteiger partial charge in [-0.15, -0.1) is 0 Å². The van der Waals surface area contributed by atoms with E-state index in [0.29, 0.717) is 6.42 Å². The van der Waals surface area contributed by atoms with Crippen molar-refractivity contribution in [1.82, 2.24) is 0 Å². The molecule has 0 saturated heterocycles. The van der Waals surface area contributed by atoms with Crippen LogP contribution in [0.3, 0.4) is 0 Å². The molecule has 0 aromatic heterocycles. The van der Waals surface area contributed by atoms with Crippen molar-refractivity contribution in [3.8, 4) is 0 Å². The van der Waals surface area contributed by atoms with Gasteiger partial charge in [0.2, 0.25) is 9.05 Å². The highest BCUT2D eigenvalue weighted by Gasteiger charge is 2.15. The minimum absolute atomic E-state index is 0.399. The third-order valence-electron chi connectivity index (χ3n) is 1.18. The molecule has 0 rings (SSSR count). The standard InChI is InChI=1S/C5H11ClO2S/c1-3-4-5(2)9(6,7)8/h5H,3-4H2,1-2H3/t5-/m0/s1. The maximum Gasteiger partial charge on any atom is 0.235 e. The molecule has 4 heteroatoms. The third kappa shape index (κ3) is 3.76. The molecular formula is C5H11ClO2S. The molecule has 0 N–H and O–H groups in total. The molecule has 0 aromatic carbocycles. The minimum atomic E-state index is -3.29. The SMILES string of the molecule is CCC[C@H](C)S(=O)(=O)Cl. The van der Waals surface area contributed by atoms with Crippen molar-refractivity contribution >= 4 is 19.7 Å². The van der Waals surface area contributed by atoms with E-state index < -0.39 is 14.3 Å². The molecule has 0 amide bonds. The molecule has 9 heavy (non-hydrogen) atoms. The summed E-state index contributed by atoms with van der Waals surface area (Å²) in [4.78, 5) is 0. The monoisotopic (exact) mass is 170 g/mol.